The monoisotopic (exact) mass is 442 g/mol. The van der Waals surface area contributed by atoms with Crippen LogP contribution in [0, 0.1) is 0 Å². The molecule has 7 heteroatoms. The Bertz CT molecular complexity index is 966. The number of methoxy groups -OCH3 is 1. The number of aliphatic hydroxyl groups excluding tert-OH is 1. The number of carbonyl (C=O) groups excluding carboxylic acids is 2. The minimum absolute atomic E-state index is 0.0806. The molecule has 0 radical (unpaired) electrons. The predicted octanol–water partition coefficient (Wildman–Crippen LogP) is 4.11. The fourth-order valence-electron chi connectivity index (χ4n) is 3.80. The number of nitrogens with zero attached hydrogens (tertiary/aromatic N) is 2. The molecule has 2 aromatic rings. The van der Waals surface area contributed by atoms with E-state index in [9.17, 15) is 14.7 Å². The zero-order chi connectivity index (χ0) is 22.5. The Morgan fingerprint density at radius 1 is 1.06 bits per heavy atom. The van der Waals surface area contributed by atoms with E-state index in [-0.39, 0.29) is 11.3 Å². The van der Waals surface area contributed by atoms with Gasteiger partial charge < -0.3 is 19.6 Å². The van der Waals surface area contributed by atoms with Crippen molar-refractivity contribution in [2.24, 2.45) is 0 Å². The van der Waals surface area contributed by atoms with Gasteiger partial charge >= 0.3 is 0 Å². The molecule has 164 valence electrons. The zero-order valence-electron chi connectivity index (χ0n) is 18.0. The molecule has 1 saturated heterocycles. The molecule has 6 nitrogen and oxygen atoms in total. The van der Waals surface area contributed by atoms with Crippen LogP contribution in [0.2, 0.25) is 5.02 Å². The van der Waals surface area contributed by atoms with Gasteiger partial charge in [-0.1, -0.05) is 37.6 Å². The molecule has 3 rings (SSSR count). The highest BCUT2D eigenvalue weighted by atomic mass is 35.5. The van der Waals surface area contributed by atoms with Crippen LogP contribution in [-0.2, 0) is 9.59 Å². The first-order valence-corrected chi connectivity index (χ1v) is 10.7. The number of ether oxygens (including phenoxy) is 1. The first kappa shape index (κ1) is 22.8. The van der Waals surface area contributed by atoms with Crippen molar-refractivity contribution in [3.05, 3.63) is 70.3 Å². The topological polar surface area (TPSA) is 70.1 Å². The molecule has 0 unspecified atom stereocenters. The van der Waals surface area contributed by atoms with Crippen LogP contribution in [0.25, 0.3) is 5.76 Å². The van der Waals surface area contributed by atoms with Crippen LogP contribution < -0.4 is 4.74 Å². The standard InChI is InChI=1S/C24H27ClN2O4/c1-4-26(5-2)14-15-27-21(16-8-12-19(31-3)13-9-16)20(23(29)24(27)30)22(28)17-6-10-18(25)11-7-17/h6-13,21,28H,4-5,14-15H2,1-3H3/t21-/m1/s1. The number of aliphatic hydroxyl groups is 1. The molecule has 31 heavy (non-hydrogen) atoms. The minimum atomic E-state index is -0.687. The van der Waals surface area contributed by atoms with Crippen molar-refractivity contribution in [1.82, 2.24) is 9.80 Å². The van der Waals surface area contributed by atoms with Crippen LogP contribution in [0.4, 0.5) is 0 Å². The van der Waals surface area contributed by atoms with Crippen LogP contribution in [0.15, 0.2) is 54.1 Å². The van der Waals surface area contributed by atoms with Gasteiger partial charge in [-0.05, 0) is 55.1 Å². The third kappa shape index (κ3) is 4.75. The molecule has 0 aliphatic carbocycles. The number of rotatable bonds is 8. The van der Waals surface area contributed by atoms with Crippen molar-refractivity contribution in [2.75, 3.05) is 33.3 Å². The van der Waals surface area contributed by atoms with Crippen molar-refractivity contribution in [1.29, 1.82) is 0 Å². The first-order chi connectivity index (χ1) is 14.9. The van der Waals surface area contributed by atoms with Gasteiger partial charge in [0.2, 0.25) is 0 Å². The Balaban J connectivity index is 2.08. The number of halogens is 1. The third-order valence-corrected chi connectivity index (χ3v) is 5.89. The summed E-state index contributed by atoms with van der Waals surface area (Å²) in [5, 5.41) is 11.5. The molecule has 1 aliphatic heterocycles. The molecule has 1 aliphatic rings. The van der Waals surface area contributed by atoms with Crippen LogP contribution in [0.5, 0.6) is 5.75 Å². The predicted molar refractivity (Wildman–Crippen MR) is 121 cm³/mol. The molecule has 0 saturated carbocycles. The number of Topliss-reactive ketones (excluding diaryl/α,β-unsaturated/α-hetero) is 1. The molecule has 1 N–H and O–H groups in total. The second-order valence-corrected chi connectivity index (χ2v) is 7.74. The summed E-state index contributed by atoms with van der Waals surface area (Å²) in [6, 6.07) is 13.0. The van der Waals surface area contributed by atoms with E-state index < -0.39 is 17.7 Å². The molecule has 0 aromatic heterocycles. The molecule has 1 atom stereocenters. The Kier molecular flexibility index (Phi) is 7.36. The van der Waals surface area contributed by atoms with Gasteiger partial charge in [0.25, 0.3) is 11.7 Å². The smallest absolute Gasteiger partial charge is 0.295 e. The lowest BCUT2D eigenvalue weighted by molar-refractivity contribution is -0.140. The van der Waals surface area contributed by atoms with E-state index in [1.165, 1.54) is 0 Å². The summed E-state index contributed by atoms with van der Waals surface area (Å²) in [5.41, 5.74) is 1.25. The highest BCUT2D eigenvalue weighted by Crippen LogP contribution is 2.39. The summed E-state index contributed by atoms with van der Waals surface area (Å²) in [5.74, 6) is -0.834. The number of carbonyl (C=O) groups is 2. The van der Waals surface area contributed by atoms with Crippen LogP contribution >= 0.6 is 11.6 Å². The van der Waals surface area contributed by atoms with Crippen LogP contribution in [0.1, 0.15) is 31.0 Å². The van der Waals surface area contributed by atoms with E-state index in [0.717, 1.165) is 18.7 Å². The Morgan fingerprint density at radius 2 is 1.68 bits per heavy atom. The van der Waals surface area contributed by atoms with E-state index >= 15 is 0 Å². The number of amides is 1. The third-order valence-electron chi connectivity index (χ3n) is 5.64. The zero-order valence-corrected chi connectivity index (χ0v) is 18.7. The minimum Gasteiger partial charge on any atom is -0.507 e. The van der Waals surface area contributed by atoms with Crippen molar-refractivity contribution in [3.8, 4) is 5.75 Å². The van der Waals surface area contributed by atoms with Crippen LogP contribution in [0.3, 0.4) is 0 Å². The second-order valence-electron chi connectivity index (χ2n) is 7.30. The average molecular weight is 443 g/mol. The average Bonchev–Trinajstić information content (AvgIpc) is 3.04. The van der Waals surface area contributed by atoms with E-state index in [4.69, 9.17) is 16.3 Å². The van der Waals surface area contributed by atoms with E-state index in [2.05, 4.69) is 18.7 Å². The fraction of sp³-hybridized carbons (Fsp3) is 0.333. The second kappa shape index (κ2) is 9.98. The lowest BCUT2D eigenvalue weighted by Crippen LogP contribution is -2.38. The summed E-state index contributed by atoms with van der Waals surface area (Å²) in [7, 11) is 1.58. The van der Waals surface area contributed by atoms with Gasteiger partial charge in [0.15, 0.2) is 0 Å². The molecule has 0 spiro atoms. The summed E-state index contributed by atoms with van der Waals surface area (Å²) in [6.45, 7) is 6.81. The lowest BCUT2D eigenvalue weighted by atomic mass is 9.95. The molecule has 2 aromatic carbocycles. The molecular weight excluding hydrogens is 416 g/mol. The molecule has 1 fully saturated rings. The summed E-state index contributed by atoms with van der Waals surface area (Å²) < 4.78 is 5.24. The van der Waals surface area contributed by atoms with E-state index in [1.807, 2.05) is 12.1 Å². The van der Waals surface area contributed by atoms with Gasteiger partial charge in [0.05, 0.1) is 18.7 Å². The normalized spacial score (nSPS) is 18.1. The highest BCUT2D eigenvalue weighted by molar-refractivity contribution is 6.46. The van der Waals surface area contributed by atoms with Gasteiger partial charge in [0, 0.05) is 23.7 Å². The van der Waals surface area contributed by atoms with Gasteiger partial charge in [0.1, 0.15) is 11.5 Å². The number of benzene rings is 2. The quantitative estimate of drug-likeness (QED) is 0.378. The van der Waals surface area contributed by atoms with Crippen LogP contribution in [-0.4, -0.2) is 59.9 Å². The van der Waals surface area contributed by atoms with Gasteiger partial charge in [-0.15, -0.1) is 0 Å². The summed E-state index contributed by atoms with van der Waals surface area (Å²) in [6.07, 6.45) is 0. The number of ketones is 1. The SMILES string of the molecule is CCN(CC)CCN1C(=O)C(=O)C(=C(O)c2ccc(Cl)cc2)[C@H]1c1ccc(OC)cc1. The number of likely N-dealkylation sites (N-methyl/N-ethyl adjacent to an activating group) is 1. The van der Waals surface area contributed by atoms with Crippen molar-refractivity contribution in [2.45, 2.75) is 19.9 Å². The summed E-state index contributed by atoms with van der Waals surface area (Å²) in [4.78, 5) is 29.7. The lowest BCUT2D eigenvalue weighted by Gasteiger charge is -2.28. The Morgan fingerprint density at radius 3 is 2.23 bits per heavy atom. The largest absolute Gasteiger partial charge is 0.507 e. The highest BCUT2D eigenvalue weighted by Gasteiger charge is 2.45. The number of hydrogen-bond donors (Lipinski definition) is 1. The molecule has 0 bridgehead atoms. The van der Waals surface area contributed by atoms with E-state index in [0.29, 0.717) is 29.4 Å². The Labute approximate surface area is 187 Å². The maximum absolute atomic E-state index is 13.0. The van der Waals surface area contributed by atoms with Crippen molar-refractivity contribution >= 4 is 29.1 Å². The first-order valence-electron chi connectivity index (χ1n) is 10.3. The molecular formula is C24H27ClN2O4. The maximum atomic E-state index is 13.0. The van der Waals surface area contributed by atoms with Crippen molar-refractivity contribution in [3.63, 3.8) is 0 Å². The van der Waals surface area contributed by atoms with Gasteiger partial charge in [-0.3, -0.25) is 9.59 Å². The summed E-state index contributed by atoms with van der Waals surface area (Å²) >= 11 is 5.96. The maximum Gasteiger partial charge on any atom is 0.295 e. The number of likely N-dealkylation sites (tertiary alicyclic amines) is 1. The van der Waals surface area contributed by atoms with E-state index in [1.54, 1.807) is 48.4 Å². The molecule has 1 heterocycles. The Hall–Kier alpha value is -2.83. The molecule has 1 amide bonds. The van der Waals surface area contributed by atoms with Gasteiger partial charge in [-0.25, -0.2) is 0 Å². The number of hydrogen-bond acceptors (Lipinski definition) is 5. The fourth-order valence-corrected chi connectivity index (χ4v) is 3.92. The van der Waals surface area contributed by atoms with Gasteiger partial charge in [-0.2, -0.15) is 0 Å². The van der Waals surface area contributed by atoms with Crippen molar-refractivity contribution < 1.29 is 19.4 Å².